The molecule has 0 bridgehead atoms. The van der Waals surface area contributed by atoms with E-state index < -0.39 is 10.0 Å². The zero-order chi connectivity index (χ0) is 12.3. The third-order valence-electron chi connectivity index (χ3n) is 2.68. The minimum Gasteiger partial charge on any atom is -0.381 e. The number of ether oxygens (including phenoxy) is 1. The third-order valence-corrected chi connectivity index (χ3v) is 6.20. The minimum absolute atomic E-state index is 0.306. The lowest BCUT2D eigenvalue weighted by molar-refractivity contribution is 0.0981. The Bertz CT molecular complexity index is 466. The molecule has 2 heterocycles. The van der Waals surface area contributed by atoms with Gasteiger partial charge in [-0.15, -0.1) is 11.3 Å². The van der Waals surface area contributed by atoms with Crippen LogP contribution in [-0.4, -0.2) is 26.9 Å². The van der Waals surface area contributed by atoms with Crippen molar-refractivity contribution in [3.05, 3.63) is 20.8 Å². The van der Waals surface area contributed by atoms with Crippen molar-refractivity contribution in [1.82, 2.24) is 4.72 Å². The summed E-state index contributed by atoms with van der Waals surface area (Å²) in [6.07, 6.45) is 1.17. The Morgan fingerprint density at radius 1 is 1.41 bits per heavy atom. The Hall–Kier alpha value is 0.0500. The van der Waals surface area contributed by atoms with Crippen LogP contribution in [0.15, 0.2) is 15.9 Å². The summed E-state index contributed by atoms with van der Waals surface area (Å²) < 4.78 is 32.8. The van der Waals surface area contributed by atoms with Crippen molar-refractivity contribution < 1.29 is 13.2 Å². The van der Waals surface area contributed by atoms with Crippen LogP contribution in [0.5, 0.6) is 0 Å². The molecule has 0 saturated carbocycles. The number of nitrogens with one attached hydrogen (secondary N) is 1. The van der Waals surface area contributed by atoms with Crippen molar-refractivity contribution in [2.75, 3.05) is 13.2 Å². The summed E-state index contributed by atoms with van der Waals surface area (Å²) in [5.41, 5.74) is 0. The fourth-order valence-corrected chi connectivity index (χ4v) is 4.64. The molecule has 7 heteroatoms. The molecule has 17 heavy (non-hydrogen) atoms. The van der Waals surface area contributed by atoms with Gasteiger partial charge in [-0.2, -0.15) is 0 Å². The summed E-state index contributed by atoms with van der Waals surface area (Å²) in [4.78, 5) is 1.01. The number of hydrogen-bond acceptors (Lipinski definition) is 4. The second kappa shape index (κ2) is 5.79. The van der Waals surface area contributed by atoms with Crippen LogP contribution in [0.25, 0.3) is 0 Å². The first kappa shape index (κ1) is 13.5. The predicted octanol–water partition coefficient (Wildman–Crippen LogP) is 2.11. The zero-order valence-corrected chi connectivity index (χ0v) is 12.4. The number of rotatable bonds is 4. The first-order valence-electron chi connectivity index (χ1n) is 5.38. The minimum atomic E-state index is -3.21. The molecule has 4 nitrogen and oxygen atoms in total. The molecular weight excluding hydrogens is 326 g/mol. The number of halogens is 1. The van der Waals surface area contributed by atoms with Crippen LogP contribution >= 0.6 is 27.3 Å². The first-order valence-corrected chi connectivity index (χ1v) is 8.54. The van der Waals surface area contributed by atoms with E-state index in [9.17, 15) is 8.42 Å². The lowest BCUT2D eigenvalue weighted by atomic mass is 10.2. The molecule has 1 aliphatic rings. The van der Waals surface area contributed by atoms with Crippen molar-refractivity contribution in [3.8, 4) is 0 Å². The molecule has 96 valence electrons. The highest BCUT2D eigenvalue weighted by atomic mass is 79.9. The van der Waals surface area contributed by atoms with Gasteiger partial charge in [-0.05, 0) is 40.9 Å². The first-order chi connectivity index (χ1) is 8.08. The van der Waals surface area contributed by atoms with E-state index in [4.69, 9.17) is 4.74 Å². The zero-order valence-electron chi connectivity index (χ0n) is 9.19. The number of thiophene rings is 1. The Morgan fingerprint density at radius 3 is 2.71 bits per heavy atom. The number of sulfonamides is 1. The van der Waals surface area contributed by atoms with Crippen LogP contribution < -0.4 is 4.72 Å². The molecule has 0 spiro atoms. The third kappa shape index (κ3) is 3.75. The molecule has 0 atom stereocenters. The molecule has 0 unspecified atom stereocenters. The lowest BCUT2D eigenvalue weighted by Crippen LogP contribution is -2.37. The van der Waals surface area contributed by atoms with E-state index in [2.05, 4.69) is 20.7 Å². The fraction of sp³-hybridized carbons (Fsp3) is 0.600. The van der Waals surface area contributed by atoms with Crippen LogP contribution in [0.4, 0.5) is 0 Å². The highest BCUT2D eigenvalue weighted by molar-refractivity contribution is 9.11. The summed E-state index contributed by atoms with van der Waals surface area (Å²) in [5.74, 6) is 0. The van der Waals surface area contributed by atoms with Gasteiger partial charge in [0.2, 0.25) is 10.0 Å². The van der Waals surface area contributed by atoms with Crippen molar-refractivity contribution >= 4 is 37.3 Å². The average Bonchev–Trinajstić information content (AvgIpc) is 2.74. The predicted molar refractivity (Wildman–Crippen MR) is 71.6 cm³/mol. The van der Waals surface area contributed by atoms with Gasteiger partial charge in [0.15, 0.2) is 0 Å². The van der Waals surface area contributed by atoms with Crippen molar-refractivity contribution in [1.29, 1.82) is 0 Å². The average molecular weight is 340 g/mol. The van der Waals surface area contributed by atoms with Gasteiger partial charge in [-0.25, -0.2) is 13.1 Å². The number of hydrogen-bond donors (Lipinski definition) is 1. The smallest absolute Gasteiger partial charge is 0.214 e. The van der Waals surface area contributed by atoms with Gasteiger partial charge in [0, 0.05) is 24.6 Å². The molecule has 2 rings (SSSR count). The summed E-state index contributed by atoms with van der Waals surface area (Å²) in [7, 11) is -3.21. The van der Waals surface area contributed by atoms with Gasteiger partial charge in [-0.3, -0.25) is 0 Å². The quantitative estimate of drug-likeness (QED) is 0.913. The van der Waals surface area contributed by atoms with Gasteiger partial charge in [0.25, 0.3) is 0 Å². The Labute approximate surface area is 114 Å². The molecule has 1 aromatic rings. The monoisotopic (exact) mass is 339 g/mol. The normalized spacial score (nSPS) is 18.4. The van der Waals surface area contributed by atoms with Crippen molar-refractivity contribution in [2.45, 2.75) is 24.6 Å². The summed E-state index contributed by atoms with van der Waals surface area (Å²) >= 11 is 4.89. The molecular formula is C10H14BrNO3S2. The second-order valence-corrected chi connectivity index (χ2v) is 8.48. The largest absolute Gasteiger partial charge is 0.381 e. The molecule has 1 N–H and O–H groups in total. The van der Waals surface area contributed by atoms with E-state index in [0.29, 0.717) is 32.6 Å². The van der Waals surface area contributed by atoms with Gasteiger partial charge in [0.05, 0.1) is 9.04 Å². The van der Waals surface area contributed by atoms with Gasteiger partial charge >= 0.3 is 0 Å². The van der Waals surface area contributed by atoms with Crippen LogP contribution in [0.2, 0.25) is 0 Å². The van der Waals surface area contributed by atoms with Crippen LogP contribution in [0.1, 0.15) is 17.7 Å². The molecule has 1 aliphatic heterocycles. The van der Waals surface area contributed by atoms with Crippen molar-refractivity contribution in [3.63, 3.8) is 0 Å². The summed E-state index contributed by atoms with van der Waals surface area (Å²) in [6, 6.07) is 3.84. The van der Waals surface area contributed by atoms with E-state index >= 15 is 0 Å². The van der Waals surface area contributed by atoms with Gasteiger partial charge in [-0.1, -0.05) is 0 Å². The maximum atomic E-state index is 12.0. The molecule has 0 radical (unpaired) electrons. The maximum absolute atomic E-state index is 12.0. The molecule has 1 saturated heterocycles. The second-order valence-electron chi connectivity index (χ2n) is 3.88. The maximum Gasteiger partial charge on any atom is 0.214 e. The topological polar surface area (TPSA) is 55.4 Å². The van der Waals surface area contributed by atoms with E-state index in [1.807, 2.05) is 12.1 Å². The molecule has 0 amide bonds. The summed E-state index contributed by atoms with van der Waals surface area (Å²) in [5, 5.41) is -0.306. The highest BCUT2D eigenvalue weighted by Crippen LogP contribution is 2.22. The van der Waals surface area contributed by atoms with Crippen molar-refractivity contribution in [2.24, 2.45) is 0 Å². The Balaban J connectivity index is 1.92. The molecule has 1 fully saturated rings. The van der Waals surface area contributed by atoms with E-state index in [1.54, 1.807) is 11.3 Å². The van der Waals surface area contributed by atoms with Gasteiger partial charge in [0.1, 0.15) is 0 Å². The fourth-order valence-electron chi connectivity index (χ4n) is 1.72. The summed E-state index contributed by atoms with van der Waals surface area (Å²) in [6.45, 7) is 1.45. The lowest BCUT2D eigenvalue weighted by Gasteiger charge is -2.22. The van der Waals surface area contributed by atoms with Gasteiger partial charge < -0.3 is 4.74 Å². The molecule has 0 aliphatic carbocycles. The van der Waals surface area contributed by atoms with Crippen LogP contribution in [-0.2, 0) is 21.3 Å². The van der Waals surface area contributed by atoms with E-state index in [0.717, 1.165) is 8.66 Å². The van der Waals surface area contributed by atoms with E-state index in [-0.39, 0.29) is 5.25 Å². The standard InChI is InChI=1S/C10H14BrNO3S2/c11-10-2-1-8(16-10)7-12-17(13,14)9-3-5-15-6-4-9/h1-2,9,12H,3-7H2. The van der Waals surface area contributed by atoms with Crippen LogP contribution in [0.3, 0.4) is 0 Å². The highest BCUT2D eigenvalue weighted by Gasteiger charge is 2.27. The molecule has 1 aromatic heterocycles. The van der Waals surface area contributed by atoms with E-state index in [1.165, 1.54) is 0 Å². The molecule has 0 aromatic carbocycles. The Kier molecular flexibility index (Phi) is 4.59. The SMILES string of the molecule is O=S(=O)(NCc1ccc(Br)s1)C1CCOCC1. The Morgan fingerprint density at radius 2 is 2.12 bits per heavy atom. The van der Waals surface area contributed by atoms with Crippen LogP contribution in [0, 0.1) is 0 Å².